The molecule has 4 aliphatic rings. The van der Waals surface area contributed by atoms with Gasteiger partial charge in [-0.2, -0.15) is 5.10 Å². The van der Waals surface area contributed by atoms with Crippen molar-refractivity contribution in [3.8, 4) is 0 Å². The van der Waals surface area contributed by atoms with E-state index in [1.54, 1.807) is 34.2 Å². The van der Waals surface area contributed by atoms with Gasteiger partial charge < -0.3 is 16.0 Å². The van der Waals surface area contributed by atoms with Gasteiger partial charge in [-0.15, -0.1) is 10.2 Å². The maximum absolute atomic E-state index is 14.3. The molecule has 0 radical (unpaired) electrons. The second-order valence-corrected chi connectivity index (χ2v) is 12.7. The minimum Gasteiger partial charge on any atom is -0.375 e. The number of nitrogens with two attached hydrogens (primary N) is 1. The van der Waals surface area contributed by atoms with E-state index in [9.17, 15) is 9.59 Å². The van der Waals surface area contributed by atoms with Crippen LogP contribution in [0.2, 0.25) is 0 Å². The summed E-state index contributed by atoms with van der Waals surface area (Å²) in [6, 6.07) is 35.6. The first kappa shape index (κ1) is 28.9. The highest BCUT2D eigenvalue weighted by molar-refractivity contribution is 8.15. The summed E-state index contributed by atoms with van der Waals surface area (Å²) in [6.07, 6.45) is 0. The molecule has 0 spiro atoms. The molecule has 2 unspecified atom stereocenters. The van der Waals surface area contributed by atoms with Crippen LogP contribution in [0.3, 0.4) is 0 Å². The normalized spacial score (nSPS) is 21.9. The lowest BCUT2D eigenvalue weighted by molar-refractivity contribution is 0.0970. The summed E-state index contributed by atoms with van der Waals surface area (Å²) in [5.41, 5.74) is 9.79. The van der Waals surface area contributed by atoms with Crippen LogP contribution in [0.4, 0.5) is 11.4 Å². The zero-order chi connectivity index (χ0) is 32.1. The standard InChI is InChI=1S/C35H26N8O2S2/c36-34(46)43-27(21-12-4-1-5-13-21)32-33(40-43)37-35(47-32)39-38-26-20-41(22-14-6-2-7-15-22)28-29(42(26)23-16-8-3-9-17-23)31(45)25-19-11-10-18-24(25)30(28)44/h1-19,27,32H,20H2,(H2,36,46)(H,37,39,40)/b38-26+. The van der Waals surface area contributed by atoms with Gasteiger partial charge in [-0.1, -0.05) is 103 Å². The number of thioether (sulfide) groups is 1. The number of carbonyl (C=O) groups excluding carboxylic acids is 2. The van der Waals surface area contributed by atoms with Gasteiger partial charge in [0, 0.05) is 22.5 Å². The van der Waals surface area contributed by atoms with Crippen molar-refractivity contribution < 1.29 is 9.59 Å². The number of nitrogens with zero attached hydrogens (tertiary/aromatic N) is 6. The van der Waals surface area contributed by atoms with E-state index < -0.39 is 0 Å². The van der Waals surface area contributed by atoms with Crippen molar-refractivity contribution in [3.63, 3.8) is 0 Å². The Morgan fingerprint density at radius 2 is 1.36 bits per heavy atom. The molecule has 47 heavy (non-hydrogen) atoms. The number of Topliss-reactive ketones (excluding diaryl/α,β-unsaturated/α-hetero) is 2. The van der Waals surface area contributed by atoms with E-state index in [4.69, 9.17) is 23.1 Å². The topological polar surface area (TPSA) is 119 Å². The summed E-state index contributed by atoms with van der Waals surface area (Å²) in [5.74, 6) is 0.664. The molecule has 2 atom stereocenters. The van der Waals surface area contributed by atoms with Crippen molar-refractivity contribution in [3.05, 3.63) is 143 Å². The van der Waals surface area contributed by atoms with Gasteiger partial charge in [-0.3, -0.25) is 14.5 Å². The van der Waals surface area contributed by atoms with Crippen molar-refractivity contribution in [1.29, 1.82) is 0 Å². The molecule has 0 bridgehead atoms. The number of nitrogens with one attached hydrogen (secondary N) is 1. The van der Waals surface area contributed by atoms with Gasteiger partial charge in [0.1, 0.15) is 17.2 Å². The lowest BCUT2D eigenvalue weighted by Gasteiger charge is -2.41. The summed E-state index contributed by atoms with van der Waals surface area (Å²) in [6.45, 7) is 0.187. The second kappa shape index (κ2) is 11.6. The molecule has 1 saturated heterocycles. The number of allylic oxidation sites excluding steroid dienone is 2. The fourth-order valence-corrected chi connectivity index (χ4v) is 7.55. The van der Waals surface area contributed by atoms with Crippen LogP contribution in [0.1, 0.15) is 32.3 Å². The molecule has 3 N–H and O–H groups in total. The average molecular weight is 655 g/mol. The van der Waals surface area contributed by atoms with Gasteiger partial charge in [0.15, 0.2) is 16.1 Å². The molecule has 8 rings (SSSR count). The van der Waals surface area contributed by atoms with E-state index >= 15 is 0 Å². The van der Waals surface area contributed by atoms with Crippen molar-refractivity contribution in [2.75, 3.05) is 16.3 Å². The Bertz CT molecular complexity index is 2060. The molecule has 4 aromatic carbocycles. The highest BCUT2D eigenvalue weighted by Gasteiger charge is 2.46. The number of hydrazone groups is 1. The van der Waals surface area contributed by atoms with E-state index in [2.05, 4.69) is 15.5 Å². The summed E-state index contributed by atoms with van der Waals surface area (Å²) in [5, 5.41) is 19.6. The van der Waals surface area contributed by atoms with Gasteiger partial charge >= 0.3 is 0 Å². The predicted molar refractivity (Wildman–Crippen MR) is 189 cm³/mol. The Morgan fingerprint density at radius 1 is 0.787 bits per heavy atom. The van der Waals surface area contributed by atoms with Crippen LogP contribution in [0.25, 0.3) is 0 Å². The number of anilines is 2. The molecular formula is C35H26N8O2S2. The summed E-state index contributed by atoms with van der Waals surface area (Å²) in [4.78, 5) is 32.1. The Labute approximate surface area is 280 Å². The van der Waals surface area contributed by atoms with Crippen LogP contribution >= 0.6 is 24.0 Å². The number of para-hydroxylation sites is 2. The van der Waals surface area contributed by atoms with Crippen LogP contribution in [-0.4, -0.2) is 50.3 Å². The number of benzene rings is 4. The van der Waals surface area contributed by atoms with Gasteiger partial charge in [0.25, 0.3) is 0 Å². The van der Waals surface area contributed by atoms with Crippen LogP contribution < -0.4 is 20.9 Å². The van der Waals surface area contributed by atoms with Crippen molar-refractivity contribution in [1.82, 2.24) is 10.3 Å². The summed E-state index contributed by atoms with van der Waals surface area (Å²) in [7, 11) is 0. The molecule has 1 aliphatic carbocycles. The van der Waals surface area contributed by atoms with Gasteiger partial charge in [0.2, 0.25) is 11.6 Å². The van der Waals surface area contributed by atoms with E-state index in [1.165, 1.54) is 11.8 Å². The fraction of sp³-hybridized carbons (Fsp3) is 0.0857. The smallest absolute Gasteiger partial charge is 0.212 e. The fourth-order valence-electron chi connectivity index (χ4n) is 6.28. The van der Waals surface area contributed by atoms with E-state index in [-0.39, 0.29) is 40.2 Å². The zero-order valence-corrected chi connectivity index (χ0v) is 26.4. The van der Waals surface area contributed by atoms with Crippen LogP contribution in [0.15, 0.2) is 142 Å². The second-order valence-electron chi connectivity index (χ2n) is 11.1. The molecule has 230 valence electrons. The monoisotopic (exact) mass is 654 g/mol. The van der Waals surface area contributed by atoms with E-state index in [0.717, 1.165) is 11.3 Å². The number of fused-ring (bicyclic) bond motifs is 2. The molecular weight excluding hydrogens is 629 g/mol. The number of ketones is 2. The third-order valence-corrected chi connectivity index (χ3v) is 9.67. The Balaban J connectivity index is 1.24. The number of thiocarbonyl (C=S) groups is 1. The maximum Gasteiger partial charge on any atom is 0.212 e. The molecule has 10 nitrogen and oxygen atoms in total. The van der Waals surface area contributed by atoms with Crippen LogP contribution in [0, 0.1) is 0 Å². The lowest BCUT2D eigenvalue weighted by atomic mass is 9.87. The van der Waals surface area contributed by atoms with E-state index in [1.807, 2.05) is 95.9 Å². The predicted octanol–water partition coefficient (Wildman–Crippen LogP) is 5.29. The Morgan fingerprint density at radius 3 is 2.00 bits per heavy atom. The number of carbonyl (C=O) groups is 2. The maximum atomic E-state index is 14.3. The average Bonchev–Trinajstić information content (AvgIpc) is 3.68. The van der Waals surface area contributed by atoms with E-state index in [0.29, 0.717) is 39.4 Å². The number of rotatable bonds is 4. The molecule has 4 aromatic rings. The first-order valence-electron chi connectivity index (χ1n) is 14.9. The minimum absolute atomic E-state index is 0.140. The van der Waals surface area contributed by atoms with Gasteiger partial charge in [-0.05, 0) is 42.0 Å². The molecule has 3 aliphatic heterocycles. The van der Waals surface area contributed by atoms with Crippen molar-refractivity contribution in [2.45, 2.75) is 11.3 Å². The zero-order valence-electron chi connectivity index (χ0n) is 24.7. The van der Waals surface area contributed by atoms with Crippen LogP contribution in [-0.2, 0) is 0 Å². The number of hydrogen-bond donors (Lipinski definition) is 2. The van der Waals surface area contributed by atoms with Gasteiger partial charge in [-0.25, -0.2) is 5.01 Å². The SMILES string of the molecule is NC(=S)N1N=C2N/C(=N\N=C3/CN(c4ccccc4)C4=C(C(=O)c5ccccc5C4=O)N3c3ccccc3)SC2C1c1ccccc1. The third-order valence-electron chi connectivity index (χ3n) is 8.34. The molecule has 0 aromatic heterocycles. The summed E-state index contributed by atoms with van der Waals surface area (Å²) < 4.78 is 0. The first-order chi connectivity index (χ1) is 23.0. The molecule has 0 saturated carbocycles. The highest BCUT2D eigenvalue weighted by atomic mass is 32.2. The minimum atomic E-state index is -0.263. The van der Waals surface area contributed by atoms with Gasteiger partial charge in [0.05, 0.1) is 17.8 Å². The van der Waals surface area contributed by atoms with Crippen LogP contribution in [0.5, 0.6) is 0 Å². The number of hydrogen-bond acceptors (Lipinski definition) is 8. The lowest BCUT2D eigenvalue weighted by Crippen LogP contribution is -2.52. The molecule has 1 fully saturated rings. The van der Waals surface area contributed by atoms with Crippen molar-refractivity contribution >= 4 is 68.9 Å². The Hall–Kier alpha value is -5.59. The van der Waals surface area contributed by atoms with Crippen molar-refractivity contribution in [2.24, 2.45) is 21.0 Å². The first-order valence-corrected chi connectivity index (χ1v) is 16.2. The Kier molecular flexibility index (Phi) is 7.15. The molecule has 3 heterocycles. The quantitative estimate of drug-likeness (QED) is 0.224. The number of amidine groups is 3. The largest absolute Gasteiger partial charge is 0.375 e. The third kappa shape index (κ3) is 4.89. The highest BCUT2D eigenvalue weighted by Crippen LogP contribution is 2.42. The molecule has 0 amide bonds. The molecule has 12 heteroatoms. The summed E-state index contributed by atoms with van der Waals surface area (Å²) >= 11 is 6.80.